The normalized spacial score (nSPS) is 20.2. The molecule has 1 saturated heterocycles. The molecule has 0 atom stereocenters. The molecule has 0 spiro atoms. The van der Waals surface area contributed by atoms with Gasteiger partial charge in [-0.05, 0) is 62.8 Å². The van der Waals surface area contributed by atoms with Crippen molar-refractivity contribution in [2.45, 2.75) is 44.4 Å². The first kappa shape index (κ1) is 19.8. The van der Waals surface area contributed by atoms with Crippen LogP contribution in [0.15, 0.2) is 23.1 Å². The molecule has 1 heterocycles. The molecule has 8 heteroatoms. The zero-order chi connectivity index (χ0) is 19.8. The molecule has 148 valence electrons. The van der Waals surface area contributed by atoms with Gasteiger partial charge in [0.25, 0.3) is 0 Å². The summed E-state index contributed by atoms with van der Waals surface area (Å²) in [6.07, 6.45) is 2.07. The molecule has 7 nitrogen and oxygen atoms in total. The second-order valence-electron chi connectivity index (χ2n) is 7.73. The highest BCUT2D eigenvalue weighted by Gasteiger charge is 2.50. The minimum Gasteiger partial charge on any atom is -0.481 e. The Balaban J connectivity index is 1.57. The van der Waals surface area contributed by atoms with Crippen molar-refractivity contribution in [2.75, 3.05) is 19.6 Å². The number of carboxylic acids is 1. The molecule has 3 rings (SSSR count). The van der Waals surface area contributed by atoms with E-state index < -0.39 is 21.4 Å². The average molecular weight is 394 g/mol. The van der Waals surface area contributed by atoms with E-state index in [2.05, 4.69) is 5.32 Å². The van der Waals surface area contributed by atoms with Crippen LogP contribution in [0.2, 0.25) is 0 Å². The van der Waals surface area contributed by atoms with Crippen LogP contribution < -0.4 is 5.32 Å². The summed E-state index contributed by atoms with van der Waals surface area (Å²) in [6.45, 7) is 4.55. The number of piperidine rings is 1. The number of sulfonamides is 1. The second kappa shape index (κ2) is 7.24. The van der Waals surface area contributed by atoms with Gasteiger partial charge in [-0.2, -0.15) is 4.31 Å². The highest BCUT2D eigenvalue weighted by atomic mass is 32.2. The lowest BCUT2D eigenvalue weighted by Gasteiger charge is -2.31. The first-order chi connectivity index (χ1) is 12.7. The third-order valence-electron chi connectivity index (χ3n) is 5.85. The molecule has 1 saturated carbocycles. The Labute approximate surface area is 159 Å². The van der Waals surface area contributed by atoms with Gasteiger partial charge in [0.2, 0.25) is 15.9 Å². The van der Waals surface area contributed by atoms with Crippen LogP contribution >= 0.6 is 0 Å². The van der Waals surface area contributed by atoms with Gasteiger partial charge in [0.1, 0.15) is 0 Å². The summed E-state index contributed by atoms with van der Waals surface area (Å²) in [5.74, 6) is -1.32. The maximum absolute atomic E-state index is 12.8. The van der Waals surface area contributed by atoms with E-state index in [0.29, 0.717) is 25.7 Å². The highest BCUT2D eigenvalue weighted by Crippen LogP contribution is 2.45. The number of rotatable bonds is 6. The Bertz CT molecular complexity index is 853. The fraction of sp³-hybridized carbons (Fsp3) is 0.579. The molecule has 1 aliphatic carbocycles. The lowest BCUT2D eigenvalue weighted by Crippen LogP contribution is -2.44. The summed E-state index contributed by atoms with van der Waals surface area (Å²) < 4.78 is 27.1. The fourth-order valence-electron chi connectivity index (χ4n) is 3.40. The number of aryl methyl sites for hydroxylation is 2. The van der Waals surface area contributed by atoms with Crippen molar-refractivity contribution in [2.24, 2.45) is 11.3 Å². The molecule has 27 heavy (non-hydrogen) atoms. The van der Waals surface area contributed by atoms with Gasteiger partial charge in [0.15, 0.2) is 0 Å². The topological polar surface area (TPSA) is 104 Å². The van der Waals surface area contributed by atoms with Gasteiger partial charge in [-0.25, -0.2) is 8.42 Å². The minimum atomic E-state index is -3.56. The SMILES string of the molecule is Cc1ccc(S(=O)(=O)N2CCC(C(=O)NCC3(C(=O)O)CC3)CC2)cc1C. The zero-order valence-corrected chi connectivity index (χ0v) is 16.5. The smallest absolute Gasteiger partial charge is 0.311 e. The van der Waals surface area contributed by atoms with Crippen LogP contribution in [0.3, 0.4) is 0 Å². The van der Waals surface area contributed by atoms with E-state index in [1.165, 1.54) is 4.31 Å². The van der Waals surface area contributed by atoms with E-state index in [-0.39, 0.29) is 36.4 Å². The first-order valence-electron chi connectivity index (χ1n) is 9.24. The van der Waals surface area contributed by atoms with E-state index in [4.69, 9.17) is 0 Å². The number of hydrogen-bond acceptors (Lipinski definition) is 4. The van der Waals surface area contributed by atoms with E-state index in [9.17, 15) is 23.1 Å². The quantitative estimate of drug-likeness (QED) is 0.764. The summed E-state index contributed by atoms with van der Waals surface area (Å²) in [4.78, 5) is 23.8. The maximum Gasteiger partial charge on any atom is 0.311 e. The number of nitrogens with one attached hydrogen (secondary N) is 1. The van der Waals surface area contributed by atoms with E-state index in [1.807, 2.05) is 13.8 Å². The lowest BCUT2D eigenvalue weighted by molar-refractivity contribution is -0.143. The van der Waals surface area contributed by atoms with Crippen LogP contribution in [-0.4, -0.2) is 49.3 Å². The number of aliphatic carboxylic acids is 1. The number of amides is 1. The van der Waals surface area contributed by atoms with Gasteiger partial charge in [-0.1, -0.05) is 6.07 Å². The standard InChI is InChI=1S/C19H26N2O5S/c1-13-3-4-16(11-14(13)2)27(25,26)21-9-5-15(6-10-21)17(22)20-12-19(7-8-19)18(23)24/h3-4,11,15H,5-10,12H2,1-2H3,(H,20,22)(H,23,24). The highest BCUT2D eigenvalue weighted by molar-refractivity contribution is 7.89. The van der Waals surface area contributed by atoms with Crippen molar-refractivity contribution in [1.29, 1.82) is 0 Å². The molecule has 2 fully saturated rings. The van der Waals surface area contributed by atoms with Gasteiger partial charge < -0.3 is 10.4 Å². The van der Waals surface area contributed by atoms with E-state index >= 15 is 0 Å². The zero-order valence-electron chi connectivity index (χ0n) is 15.7. The lowest BCUT2D eigenvalue weighted by atomic mass is 9.97. The Morgan fingerprint density at radius 2 is 1.81 bits per heavy atom. The predicted octanol–water partition coefficient (Wildman–Crippen LogP) is 1.69. The van der Waals surface area contributed by atoms with Crippen molar-refractivity contribution in [3.8, 4) is 0 Å². The third-order valence-corrected chi connectivity index (χ3v) is 7.74. The average Bonchev–Trinajstić information content (AvgIpc) is 3.43. The van der Waals surface area contributed by atoms with Crippen LogP contribution in [-0.2, 0) is 19.6 Å². The molecule has 2 N–H and O–H groups in total. The Morgan fingerprint density at radius 1 is 1.19 bits per heavy atom. The number of hydrogen-bond donors (Lipinski definition) is 2. The molecule has 0 bridgehead atoms. The van der Waals surface area contributed by atoms with Crippen LogP contribution in [0.25, 0.3) is 0 Å². The van der Waals surface area contributed by atoms with E-state index in [1.54, 1.807) is 18.2 Å². The van der Waals surface area contributed by atoms with Gasteiger partial charge in [0, 0.05) is 25.6 Å². The van der Waals surface area contributed by atoms with Crippen LogP contribution in [0, 0.1) is 25.2 Å². The Hall–Kier alpha value is -1.93. The number of benzene rings is 1. The second-order valence-corrected chi connectivity index (χ2v) is 9.67. The summed E-state index contributed by atoms with van der Waals surface area (Å²) in [5.41, 5.74) is 1.18. The van der Waals surface area contributed by atoms with Crippen molar-refractivity contribution in [3.63, 3.8) is 0 Å². The van der Waals surface area contributed by atoms with Crippen molar-refractivity contribution in [1.82, 2.24) is 9.62 Å². The monoisotopic (exact) mass is 394 g/mol. The number of carbonyl (C=O) groups is 2. The predicted molar refractivity (Wildman–Crippen MR) is 99.7 cm³/mol. The van der Waals surface area contributed by atoms with Crippen LogP contribution in [0.4, 0.5) is 0 Å². The maximum atomic E-state index is 12.8. The molecular formula is C19H26N2O5S. The first-order valence-corrected chi connectivity index (χ1v) is 10.7. The van der Waals surface area contributed by atoms with Gasteiger partial charge in [-0.3, -0.25) is 9.59 Å². The molecule has 0 radical (unpaired) electrons. The minimum absolute atomic E-state index is 0.155. The number of nitrogens with zero attached hydrogens (tertiary/aromatic N) is 1. The molecule has 2 aliphatic rings. The Morgan fingerprint density at radius 3 is 2.33 bits per heavy atom. The summed E-state index contributed by atoms with van der Waals surface area (Å²) in [7, 11) is -3.56. The third kappa shape index (κ3) is 4.01. The number of carboxylic acid groups (broad SMARTS) is 1. The van der Waals surface area contributed by atoms with Crippen LogP contribution in [0.1, 0.15) is 36.8 Å². The van der Waals surface area contributed by atoms with E-state index in [0.717, 1.165) is 11.1 Å². The summed E-state index contributed by atoms with van der Waals surface area (Å²) in [6, 6.07) is 5.11. The molecule has 1 aromatic carbocycles. The molecular weight excluding hydrogens is 368 g/mol. The van der Waals surface area contributed by atoms with Crippen molar-refractivity contribution >= 4 is 21.9 Å². The summed E-state index contributed by atoms with van der Waals surface area (Å²) >= 11 is 0. The molecule has 0 unspecified atom stereocenters. The van der Waals surface area contributed by atoms with Crippen molar-refractivity contribution in [3.05, 3.63) is 29.3 Å². The van der Waals surface area contributed by atoms with Gasteiger partial charge in [-0.15, -0.1) is 0 Å². The van der Waals surface area contributed by atoms with Gasteiger partial charge >= 0.3 is 5.97 Å². The van der Waals surface area contributed by atoms with Gasteiger partial charge in [0.05, 0.1) is 10.3 Å². The fourth-order valence-corrected chi connectivity index (χ4v) is 4.95. The molecule has 1 amide bonds. The largest absolute Gasteiger partial charge is 0.481 e. The Kier molecular flexibility index (Phi) is 5.31. The van der Waals surface area contributed by atoms with Crippen LogP contribution in [0.5, 0.6) is 0 Å². The summed E-state index contributed by atoms with van der Waals surface area (Å²) in [5, 5.41) is 11.9. The molecule has 1 aromatic rings. The van der Waals surface area contributed by atoms with Crippen molar-refractivity contribution < 1.29 is 23.1 Å². The molecule has 0 aromatic heterocycles. The number of carbonyl (C=O) groups excluding carboxylic acids is 1. The molecule has 1 aliphatic heterocycles.